The van der Waals surface area contributed by atoms with Gasteiger partial charge in [-0.05, 0) is 36.8 Å². The largest absolute Gasteiger partial charge is 0.352 e. The van der Waals surface area contributed by atoms with Crippen LogP contribution in [0.25, 0.3) is 0 Å². The van der Waals surface area contributed by atoms with Gasteiger partial charge in [-0.25, -0.2) is 12.7 Å². The van der Waals surface area contributed by atoms with E-state index in [1.807, 2.05) is 6.92 Å². The van der Waals surface area contributed by atoms with Crippen LogP contribution < -0.4 is 10.6 Å². The average Bonchev–Trinajstić information content (AvgIpc) is 2.66. The second-order valence-electron chi connectivity index (χ2n) is 6.07. The van der Waals surface area contributed by atoms with Gasteiger partial charge < -0.3 is 10.6 Å². The highest BCUT2D eigenvalue weighted by Gasteiger charge is 2.19. The molecule has 0 saturated heterocycles. The number of anilines is 1. The Morgan fingerprint density at radius 2 is 1.70 bits per heavy atom. The van der Waals surface area contributed by atoms with Crippen molar-refractivity contribution in [3.05, 3.63) is 59.7 Å². The number of carbonyl (C=O) groups excluding carboxylic acids is 2. The van der Waals surface area contributed by atoms with Gasteiger partial charge in [0.15, 0.2) is 0 Å². The van der Waals surface area contributed by atoms with Crippen molar-refractivity contribution in [2.75, 3.05) is 26.0 Å². The van der Waals surface area contributed by atoms with E-state index in [1.54, 1.807) is 24.3 Å². The van der Waals surface area contributed by atoms with Gasteiger partial charge in [-0.3, -0.25) is 9.59 Å². The smallest absolute Gasteiger partial charge is 0.255 e. The predicted molar refractivity (Wildman–Crippen MR) is 104 cm³/mol. The summed E-state index contributed by atoms with van der Waals surface area (Å²) in [6, 6.07) is 12.4. The summed E-state index contributed by atoms with van der Waals surface area (Å²) in [5.74, 6) is -0.779. The number of hydrogen-bond donors (Lipinski definition) is 2. The molecule has 2 aromatic rings. The van der Waals surface area contributed by atoms with Crippen LogP contribution in [0.2, 0.25) is 0 Å². The molecule has 144 valence electrons. The minimum Gasteiger partial charge on any atom is -0.352 e. The summed E-state index contributed by atoms with van der Waals surface area (Å²) < 4.78 is 25.6. The third-order valence-corrected chi connectivity index (χ3v) is 5.64. The van der Waals surface area contributed by atoms with Crippen molar-refractivity contribution in [1.82, 2.24) is 9.62 Å². The van der Waals surface area contributed by atoms with Crippen LogP contribution in [-0.4, -0.2) is 45.2 Å². The molecule has 0 spiro atoms. The van der Waals surface area contributed by atoms with Gasteiger partial charge in [0.25, 0.3) is 11.8 Å². The van der Waals surface area contributed by atoms with Crippen LogP contribution in [0.3, 0.4) is 0 Å². The average molecular weight is 389 g/mol. The van der Waals surface area contributed by atoms with Crippen molar-refractivity contribution in [3.8, 4) is 0 Å². The Hall–Kier alpha value is -2.71. The highest BCUT2D eigenvalue weighted by Crippen LogP contribution is 2.19. The number of amides is 2. The van der Waals surface area contributed by atoms with E-state index in [0.29, 0.717) is 17.8 Å². The lowest BCUT2D eigenvalue weighted by Gasteiger charge is -2.13. The molecular weight excluding hydrogens is 366 g/mol. The standard InChI is InChI=1S/C19H23N3O4S/c1-4-12-20-19(24)16-10-5-6-11-17(16)21-18(23)14-8-7-9-15(13-14)27(25,26)22(2)3/h5-11,13H,4,12H2,1-3H3,(H,20,24)(H,21,23). The normalized spacial score (nSPS) is 11.3. The summed E-state index contributed by atoms with van der Waals surface area (Å²) >= 11 is 0. The summed E-state index contributed by atoms with van der Waals surface area (Å²) in [7, 11) is -0.801. The fourth-order valence-corrected chi connectivity index (χ4v) is 3.28. The second kappa shape index (κ2) is 8.79. The maximum Gasteiger partial charge on any atom is 0.255 e. The third-order valence-electron chi connectivity index (χ3n) is 3.83. The monoisotopic (exact) mass is 389 g/mol. The molecule has 0 heterocycles. The van der Waals surface area contributed by atoms with Crippen LogP contribution in [0.4, 0.5) is 5.69 Å². The maximum absolute atomic E-state index is 12.6. The van der Waals surface area contributed by atoms with Gasteiger partial charge in [-0.1, -0.05) is 25.1 Å². The van der Waals surface area contributed by atoms with Gasteiger partial charge in [-0.2, -0.15) is 0 Å². The van der Waals surface area contributed by atoms with Crippen molar-refractivity contribution in [2.24, 2.45) is 0 Å². The van der Waals surface area contributed by atoms with Crippen LogP contribution >= 0.6 is 0 Å². The molecule has 2 aromatic carbocycles. The molecule has 2 amide bonds. The highest BCUT2D eigenvalue weighted by molar-refractivity contribution is 7.89. The zero-order valence-electron chi connectivity index (χ0n) is 15.5. The number of carbonyl (C=O) groups is 2. The van der Waals surface area contributed by atoms with Crippen LogP contribution in [-0.2, 0) is 10.0 Å². The molecule has 0 aliphatic carbocycles. The Morgan fingerprint density at radius 1 is 1.00 bits per heavy atom. The van der Waals surface area contributed by atoms with Gasteiger partial charge in [0.2, 0.25) is 10.0 Å². The summed E-state index contributed by atoms with van der Waals surface area (Å²) in [6.45, 7) is 2.48. The number of nitrogens with zero attached hydrogens (tertiary/aromatic N) is 1. The lowest BCUT2D eigenvalue weighted by atomic mass is 10.1. The third kappa shape index (κ3) is 4.93. The molecule has 0 radical (unpaired) electrons. The van der Waals surface area contributed by atoms with Gasteiger partial charge in [0, 0.05) is 26.2 Å². The molecular formula is C19H23N3O4S. The van der Waals surface area contributed by atoms with E-state index in [4.69, 9.17) is 0 Å². The molecule has 2 N–H and O–H groups in total. The summed E-state index contributed by atoms with van der Waals surface area (Å²) in [6.07, 6.45) is 0.799. The Balaban J connectivity index is 2.28. The minimum absolute atomic E-state index is 0.0223. The molecule has 0 aromatic heterocycles. The fourth-order valence-electron chi connectivity index (χ4n) is 2.33. The van der Waals surface area contributed by atoms with Crippen LogP contribution in [0.1, 0.15) is 34.1 Å². The van der Waals surface area contributed by atoms with Crippen molar-refractivity contribution in [3.63, 3.8) is 0 Å². The Bertz CT molecular complexity index is 939. The SMILES string of the molecule is CCCNC(=O)c1ccccc1NC(=O)c1cccc(S(=O)(=O)N(C)C)c1. The second-order valence-corrected chi connectivity index (χ2v) is 8.22. The Labute approximate surface area is 159 Å². The first-order valence-corrected chi connectivity index (χ1v) is 9.92. The predicted octanol–water partition coefficient (Wildman–Crippen LogP) is 2.33. The number of hydrogen-bond acceptors (Lipinski definition) is 4. The van der Waals surface area contributed by atoms with Gasteiger partial charge in [0.05, 0.1) is 16.1 Å². The number of sulfonamides is 1. The first-order chi connectivity index (χ1) is 12.8. The summed E-state index contributed by atoms with van der Waals surface area (Å²) in [4.78, 5) is 24.9. The van der Waals surface area contributed by atoms with Crippen molar-refractivity contribution in [1.29, 1.82) is 0 Å². The van der Waals surface area contributed by atoms with E-state index in [2.05, 4.69) is 10.6 Å². The van der Waals surface area contributed by atoms with Crippen molar-refractivity contribution in [2.45, 2.75) is 18.2 Å². The molecule has 0 aliphatic heterocycles. The van der Waals surface area contributed by atoms with Crippen LogP contribution in [0.5, 0.6) is 0 Å². The minimum atomic E-state index is -3.65. The van der Waals surface area contributed by atoms with E-state index in [9.17, 15) is 18.0 Å². The summed E-state index contributed by atoms with van der Waals surface area (Å²) in [5.41, 5.74) is 0.884. The first kappa shape index (κ1) is 20.6. The quantitative estimate of drug-likeness (QED) is 0.760. The van der Waals surface area contributed by atoms with Crippen LogP contribution in [0.15, 0.2) is 53.4 Å². The van der Waals surface area contributed by atoms with Crippen molar-refractivity contribution >= 4 is 27.5 Å². The topological polar surface area (TPSA) is 95.6 Å². The number of rotatable bonds is 7. The van der Waals surface area contributed by atoms with E-state index < -0.39 is 15.9 Å². The molecule has 0 aliphatic rings. The molecule has 8 heteroatoms. The van der Waals surface area contributed by atoms with E-state index in [1.165, 1.54) is 38.4 Å². The summed E-state index contributed by atoms with van der Waals surface area (Å²) in [5, 5.41) is 5.45. The van der Waals surface area contributed by atoms with Crippen molar-refractivity contribution < 1.29 is 18.0 Å². The Morgan fingerprint density at radius 3 is 2.37 bits per heavy atom. The number of para-hydroxylation sites is 1. The van der Waals surface area contributed by atoms with Gasteiger partial charge >= 0.3 is 0 Å². The van der Waals surface area contributed by atoms with Crippen LogP contribution in [0, 0.1) is 0 Å². The fraction of sp³-hybridized carbons (Fsp3) is 0.263. The molecule has 0 atom stereocenters. The lowest BCUT2D eigenvalue weighted by Crippen LogP contribution is -2.26. The van der Waals surface area contributed by atoms with Gasteiger partial charge in [0.1, 0.15) is 0 Å². The van der Waals surface area contributed by atoms with E-state index >= 15 is 0 Å². The first-order valence-electron chi connectivity index (χ1n) is 8.48. The van der Waals surface area contributed by atoms with Gasteiger partial charge in [-0.15, -0.1) is 0 Å². The molecule has 2 rings (SSSR count). The molecule has 0 unspecified atom stereocenters. The molecule has 27 heavy (non-hydrogen) atoms. The Kier molecular flexibility index (Phi) is 6.70. The van der Waals surface area contributed by atoms with E-state index in [-0.39, 0.29) is 16.4 Å². The number of benzene rings is 2. The molecule has 0 bridgehead atoms. The maximum atomic E-state index is 12.6. The van der Waals surface area contributed by atoms with E-state index in [0.717, 1.165) is 10.7 Å². The zero-order chi connectivity index (χ0) is 20.0. The lowest BCUT2D eigenvalue weighted by molar-refractivity contribution is 0.0954. The zero-order valence-corrected chi connectivity index (χ0v) is 16.3. The molecule has 7 nitrogen and oxygen atoms in total. The molecule has 0 saturated carbocycles. The number of nitrogens with one attached hydrogen (secondary N) is 2. The highest BCUT2D eigenvalue weighted by atomic mass is 32.2. The molecule has 0 fully saturated rings.